The van der Waals surface area contributed by atoms with Gasteiger partial charge in [0, 0.05) is 23.7 Å². The summed E-state index contributed by atoms with van der Waals surface area (Å²) in [4.78, 5) is 25.0. The summed E-state index contributed by atoms with van der Waals surface area (Å²) < 4.78 is 2.73. The number of Topliss-reactive ketones (excluding diaryl/α,β-unsaturated/α-hetero) is 1. The smallest absolute Gasteiger partial charge is 0.268 e. The second-order valence-electron chi connectivity index (χ2n) is 6.19. The van der Waals surface area contributed by atoms with Crippen molar-refractivity contribution in [3.8, 4) is 0 Å². The van der Waals surface area contributed by atoms with Gasteiger partial charge in [-0.15, -0.1) is 11.3 Å². The van der Waals surface area contributed by atoms with E-state index in [2.05, 4.69) is 6.07 Å². The van der Waals surface area contributed by atoms with Gasteiger partial charge in [-0.1, -0.05) is 35.4 Å². The number of halogens is 1. The van der Waals surface area contributed by atoms with Crippen molar-refractivity contribution in [3.63, 3.8) is 0 Å². The van der Waals surface area contributed by atoms with Gasteiger partial charge in [0.2, 0.25) is 0 Å². The van der Waals surface area contributed by atoms with E-state index < -0.39 is 0 Å². The standard InChI is InChI=1S/C21H18ClNO2S/c1-13-4-5-16(14(2)10-13)11-19-21(25)23(3)20(26-19)12-18(24)15-6-8-17(22)9-7-15/h4-12H,1-3H3/b19-11-,20-12-. The molecule has 26 heavy (non-hydrogen) atoms. The van der Waals surface area contributed by atoms with Crippen LogP contribution in [0, 0.1) is 13.8 Å². The van der Waals surface area contributed by atoms with Crippen LogP contribution in [-0.2, 0) is 7.05 Å². The SMILES string of the molecule is Cc1ccc(/C=c2\s/c(=C\C(=O)c3ccc(Cl)cc3)n(C)c2=O)c(C)c1. The van der Waals surface area contributed by atoms with E-state index in [1.165, 1.54) is 27.5 Å². The fourth-order valence-electron chi connectivity index (χ4n) is 2.65. The fourth-order valence-corrected chi connectivity index (χ4v) is 3.79. The molecule has 0 N–H and O–H groups in total. The highest BCUT2D eigenvalue weighted by molar-refractivity contribution is 7.07. The van der Waals surface area contributed by atoms with Crippen LogP contribution < -0.4 is 14.8 Å². The van der Waals surface area contributed by atoms with E-state index in [4.69, 9.17) is 11.6 Å². The Balaban J connectivity index is 2.07. The van der Waals surface area contributed by atoms with Gasteiger partial charge in [-0.05, 0) is 55.3 Å². The highest BCUT2D eigenvalue weighted by atomic mass is 35.5. The van der Waals surface area contributed by atoms with E-state index in [9.17, 15) is 9.59 Å². The van der Waals surface area contributed by atoms with Crippen LogP contribution in [0.3, 0.4) is 0 Å². The lowest BCUT2D eigenvalue weighted by Crippen LogP contribution is -2.29. The molecule has 0 radical (unpaired) electrons. The van der Waals surface area contributed by atoms with E-state index in [1.807, 2.05) is 32.1 Å². The van der Waals surface area contributed by atoms with Gasteiger partial charge in [0.15, 0.2) is 5.78 Å². The maximum absolute atomic E-state index is 12.5. The number of hydrogen-bond donors (Lipinski definition) is 0. The molecule has 2 aromatic carbocycles. The number of hydrogen-bond acceptors (Lipinski definition) is 3. The van der Waals surface area contributed by atoms with Crippen LogP contribution in [0.5, 0.6) is 0 Å². The van der Waals surface area contributed by atoms with Crippen LogP contribution in [0.2, 0.25) is 5.02 Å². The van der Waals surface area contributed by atoms with Crippen molar-refractivity contribution in [2.75, 3.05) is 0 Å². The molecule has 0 spiro atoms. The van der Waals surface area contributed by atoms with Crippen LogP contribution >= 0.6 is 22.9 Å². The minimum Gasteiger partial charge on any atom is -0.302 e. The Kier molecular flexibility index (Phi) is 5.25. The third kappa shape index (κ3) is 3.87. The lowest BCUT2D eigenvalue weighted by molar-refractivity contribution is 0.106. The van der Waals surface area contributed by atoms with Crippen LogP contribution in [0.15, 0.2) is 47.3 Å². The Morgan fingerprint density at radius 1 is 1.12 bits per heavy atom. The van der Waals surface area contributed by atoms with Crippen molar-refractivity contribution in [3.05, 3.63) is 89.3 Å². The second-order valence-corrected chi connectivity index (χ2v) is 7.69. The van der Waals surface area contributed by atoms with Gasteiger partial charge >= 0.3 is 0 Å². The molecule has 3 aromatic rings. The van der Waals surface area contributed by atoms with Crippen molar-refractivity contribution >= 4 is 40.9 Å². The molecule has 0 bridgehead atoms. The molecule has 1 heterocycles. The summed E-state index contributed by atoms with van der Waals surface area (Å²) in [5.41, 5.74) is 3.73. The molecule has 0 fully saturated rings. The first-order valence-corrected chi connectivity index (χ1v) is 9.31. The van der Waals surface area contributed by atoms with Crippen LogP contribution in [0.1, 0.15) is 27.0 Å². The molecule has 0 saturated carbocycles. The normalized spacial score (nSPS) is 12.6. The van der Waals surface area contributed by atoms with Crippen molar-refractivity contribution in [2.24, 2.45) is 7.05 Å². The molecular weight excluding hydrogens is 366 g/mol. The highest BCUT2D eigenvalue weighted by Crippen LogP contribution is 2.11. The summed E-state index contributed by atoms with van der Waals surface area (Å²) in [6.45, 7) is 4.06. The van der Waals surface area contributed by atoms with Gasteiger partial charge in [-0.3, -0.25) is 9.59 Å². The molecule has 0 atom stereocenters. The zero-order valence-electron chi connectivity index (χ0n) is 14.7. The number of benzene rings is 2. The number of aromatic nitrogens is 1. The summed E-state index contributed by atoms with van der Waals surface area (Å²) in [7, 11) is 1.68. The third-order valence-electron chi connectivity index (χ3n) is 4.16. The highest BCUT2D eigenvalue weighted by Gasteiger charge is 2.06. The van der Waals surface area contributed by atoms with Gasteiger partial charge < -0.3 is 4.57 Å². The van der Waals surface area contributed by atoms with E-state index in [1.54, 1.807) is 31.3 Å². The molecule has 1 aromatic heterocycles. The zero-order valence-corrected chi connectivity index (χ0v) is 16.3. The fraction of sp³-hybridized carbons (Fsp3) is 0.143. The van der Waals surface area contributed by atoms with Gasteiger partial charge in [0.05, 0.1) is 4.53 Å². The van der Waals surface area contributed by atoms with Crippen LogP contribution in [0.25, 0.3) is 12.2 Å². The zero-order chi connectivity index (χ0) is 18.8. The average Bonchev–Trinajstić information content (AvgIpc) is 2.86. The molecule has 3 nitrogen and oxygen atoms in total. The Morgan fingerprint density at radius 2 is 1.81 bits per heavy atom. The van der Waals surface area contributed by atoms with Gasteiger partial charge in [0.25, 0.3) is 5.56 Å². The van der Waals surface area contributed by atoms with Crippen molar-refractivity contribution in [1.82, 2.24) is 4.57 Å². The van der Waals surface area contributed by atoms with Crippen molar-refractivity contribution < 1.29 is 4.79 Å². The molecular formula is C21H18ClNO2S. The number of aryl methyl sites for hydroxylation is 2. The number of carbonyl (C=O) groups excluding carboxylic acids is 1. The number of ketones is 1. The van der Waals surface area contributed by atoms with E-state index >= 15 is 0 Å². The summed E-state index contributed by atoms with van der Waals surface area (Å²) in [6, 6.07) is 12.8. The number of thiazole rings is 1. The van der Waals surface area contributed by atoms with Crippen molar-refractivity contribution in [1.29, 1.82) is 0 Å². The van der Waals surface area contributed by atoms with E-state index in [0.29, 0.717) is 19.8 Å². The summed E-state index contributed by atoms with van der Waals surface area (Å²) in [6.07, 6.45) is 3.38. The third-order valence-corrected chi connectivity index (χ3v) is 5.52. The first kappa shape index (κ1) is 18.4. The van der Waals surface area contributed by atoms with Crippen LogP contribution in [-0.4, -0.2) is 10.4 Å². The second kappa shape index (κ2) is 7.44. The summed E-state index contributed by atoms with van der Waals surface area (Å²) in [5, 5.41) is 0.579. The predicted molar refractivity (Wildman–Crippen MR) is 109 cm³/mol. The number of carbonyl (C=O) groups is 1. The maximum Gasteiger partial charge on any atom is 0.268 e. The molecule has 0 aliphatic rings. The van der Waals surface area contributed by atoms with Gasteiger partial charge in [-0.2, -0.15) is 0 Å². The Bertz CT molecular complexity index is 1150. The molecule has 0 aliphatic heterocycles. The Morgan fingerprint density at radius 3 is 2.46 bits per heavy atom. The molecule has 0 unspecified atom stereocenters. The van der Waals surface area contributed by atoms with E-state index in [0.717, 1.165) is 11.1 Å². The lowest BCUT2D eigenvalue weighted by atomic mass is 10.1. The molecule has 5 heteroatoms. The van der Waals surface area contributed by atoms with Gasteiger partial charge in [0.1, 0.15) is 4.66 Å². The predicted octanol–water partition coefficient (Wildman–Crippen LogP) is 3.21. The lowest BCUT2D eigenvalue weighted by Gasteiger charge is -2.00. The Labute approximate surface area is 160 Å². The molecule has 3 rings (SSSR count). The summed E-state index contributed by atoms with van der Waals surface area (Å²) >= 11 is 7.17. The molecule has 0 amide bonds. The minimum atomic E-state index is -0.156. The first-order chi connectivity index (χ1) is 12.3. The molecule has 0 aliphatic carbocycles. The Hall–Kier alpha value is -2.43. The number of nitrogens with zero attached hydrogens (tertiary/aromatic N) is 1. The summed E-state index contributed by atoms with van der Waals surface area (Å²) in [5.74, 6) is -0.156. The minimum absolute atomic E-state index is 0.106. The van der Waals surface area contributed by atoms with Crippen LogP contribution in [0.4, 0.5) is 0 Å². The molecule has 132 valence electrons. The average molecular weight is 384 g/mol. The quantitative estimate of drug-likeness (QED) is 0.651. The van der Waals surface area contributed by atoms with Crippen molar-refractivity contribution in [2.45, 2.75) is 13.8 Å². The largest absolute Gasteiger partial charge is 0.302 e. The topological polar surface area (TPSA) is 39.1 Å². The first-order valence-electron chi connectivity index (χ1n) is 8.11. The molecule has 0 saturated heterocycles. The monoisotopic (exact) mass is 383 g/mol. The van der Waals surface area contributed by atoms with E-state index in [-0.39, 0.29) is 11.3 Å². The number of rotatable bonds is 3. The van der Waals surface area contributed by atoms with Gasteiger partial charge in [-0.25, -0.2) is 0 Å². The maximum atomic E-state index is 12.5.